The maximum Gasteiger partial charge on any atom is 0.397 e. The topological polar surface area (TPSA) is 212 Å². The predicted molar refractivity (Wildman–Crippen MR) is 279 cm³/mol. The van der Waals surface area contributed by atoms with Crippen molar-refractivity contribution in [3.05, 3.63) is 24.3 Å². The normalized spacial score (nSPS) is 20.3. The van der Waals surface area contributed by atoms with Gasteiger partial charge in [0.15, 0.2) is 6.29 Å². The molecule has 13 nitrogen and oxygen atoms in total. The van der Waals surface area contributed by atoms with Crippen LogP contribution in [0.3, 0.4) is 0 Å². The van der Waals surface area contributed by atoms with Crippen LogP contribution < -0.4 is 5.32 Å². The third-order valence-electron chi connectivity index (χ3n) is 13.6. The van der Waals surface area contributed by atoms with Crippen LogP contribution in [-0.2, 0) is 28.9 Å². The van der Waals surface area contributed by atoms with Crippen LogP contribution in [0, 0.1) is 0 Å². The van der Waals surface area contributed by atoms with Gasteiger partial charge in [-0.1, -0.05) is 250 Å². The maximum absolute atomic E-state index is 13.2. The van der Waals surface area contributed by atoms with Gasteiger partial charge in [0.05, 0.1) is 25.4 Å². The molecule has 0 aromatic heterocycles. The van der Waals surface area contributed by atoms with Gasteiger partial charge in [-0.3, -0.25) is 9.35 Å². The van der Waals surface area contributed by atoms with Gasteiger partial charge in [0.2, 0.25) is 5.91 Å². The highest BCUT2D eigenvalue weighted by Crippen LogP contribution is 2.26. The third kappa shape index (κ3) is 37.0. The van der Waals surface area contributed by atoms with E-state index in [0.29, 0.717) is 12.8 Å². The summed E-state index contributed by atoms with van der Waals surface area (Å²) in [5.74, 6) is -0.707. The van der Waals surface area contributed by atoms with E-state index < -0.39 is 78.5 Å². The van der Waals surface area contributed by atoms with Crippen molar-refractivity contribution < 1.29 is 57.0 Å². The van der Waals surface area contributed by atoms with E-state index >= 15 is 0 Å². The van der Waals surface area contributed by atoms with E-state index in [9.17, 15) is 43.3 Å². The number of allylic oxidation sites excluding steroid dienone is 3. The van der Waals surface area contributed by atoms with Crippen molar-refractivity contribution >= 4 is 16.3 Å². The first-order valence-electron chi connectivity index (χ1n) is 28.3. The summed E-state index contributed by atoms with van der Waals surface area (Å²) in [5.41, 5.74) is 0. The number of aliphatic hydroxyl groups excluding tert-OH is 5. The molecule has 0 saturated carbocycles. The van der Waals surface area contributed by atoms with Crippen molar-refractivity contribution in [1.29, 1.82) is 0 Å². The average Bonchev–Trinajstić information content (AvgIpc) is 3.32. The molecule has 0 aromatic carbocycles. The van der Waals surface area contributed by atoms with Gasteiger partial charge in [0.25, 0.3) is 0 Å². The lowest BCUT2D eigenvalue weighted by molar-refractivity contribution is -0.298. The van der Waals surface area contributed by atoms with E-state index in [1.165, 1.54) is 192 Å². The van der Waals surface area contributed by atoms with Gasteiger partial charge in [-0.2, -0.15) is 8.42 Å². The highest BCUT2D eigenvalue weighted by atomic mass is 32.3. The molecule has 0 spiro atoms. The highest BCUT2D eigenvalue weighted by Gasteiger charge is 2.48. The van der Waals surface area contributed by atoms with Crippen molar-refractivity contribution in [3.8, 4) is 0 Å². The smallest absolute Gasteiger partial charge is 0.394 e. The molecule has 1 rings (SSSR count). The largest absolute Gasteiger partial charge is 0.397 e. The van der Waals surface area contributed by atoms with Crippen molar-refractivity contribution in [2.75, 3.05) is 13.2 Å². The fraction of sp³-hybridized carbons (Fsp3) is 0.909. The number of amides is 1. The number of unbranched alkanes of at least 4 members (excludes halogenated alkanes) is 34. The molecule has 8 unspecified atom stereocenters. The molecule has 1 aliphatic rings. The molecular weight excluding hydrogens is 899 g/mol. The van der Waals surface area contributed by atoms with Gasteiger partial charge in [0, 0.05) is 0 Å². The minimum atomic E-state index is -5.12. The minimum absolute atomic E-state index is 0.241. The third-order valence-corrected chi connectivity index (χ3v) is 14.1. The van der Waals surface area contributed by atoms with Crippen LogP contribution in [0.4, 0.5) is 0 Å². The van der Waals surface area contributed by atoms with Gasteiger partial charge < -0.3 is 40.3 Å². The summed E-state index contributed by atoms with van der Waals surface area (Å²) < 4.78 is 47.7. The Morgan fingerprint density at radius 3 is 1.39 bits per heavy atom. The maximum atomic E-state index is 13.2. The molecule has 1 aliphatic heterocycles. The van der Waals surface area contributed by atoms with Crippen LogP contribution in [-0.4, -0.2) is 107 Å². The van der Waals surface area contributed by atoms with Crippen LogP contribution in [0.2, 0.25) is 0 Å². The van der Waals surface area contributed by atoms with Gasteiger partial charge in [0.1, 0.15) is 30.5 Å². The van der Waals surface area contributed by atoms with E-state index in [-0.39, 0.29) is 6.42 Å². The lowest BCUT2D eigenvalue weighted by Gasteiger charge is -2.41. The molecule has 1 saturated heterocycles. The van der Waals surface area contributed by atoms with E-state index in [4.69, 9.17) is 9.47 Å². The summed E-state index contributed by atoms with van der Waals surface area (Å²) in [5, 5.41) is 55.5. The molecule has 0 radical (unpaired) electrons. The van der Waals surface area contributed by atoms with Crippen LogP contribution in [0.25, 0.3) is 0 Å². The Bertz CT molecular complexity index is 1340. The molecule has 7 N–H and O–H groups in total. The van der Waals surface area contributed by atoms with E-state index in [1.807, 2.05) is 0 Å². The van der Waals surface area contributed by atoms with Crippen molar-refractivity contribution in [2.45, 2.75) is 307 Å². The summed E-state index contributed by atoms with van der Waals surface area (Å²) >= 11 is 0. The first kappa shape index (κ1) is 65.6. The summed E-state index contributed by atoms with van der Waals surface area (Å²) in [4.78, 5) is 13.2. The number of ether oxygens (including phenoxy) is 2. The second-order valence-electron chi connectivity index (χ2n) is 20.0. The number of carbonyl (C=O) groups is 1. The molecule has 1 fully saturated rings. The summed E-state index contributed by atoms with van der Waals surface area (Å²) in [6, 6.07) is -1.13. The monoisotopic (exact) mass is 1000 g/mol. The Balaban J connectivity index is 2.46. The van der Waals surface area contributed by atoms with Crippen molar-refractivity contribution in [2.24, 2.45) is 0 Å². The Hall–Kier alpha value is -1.46. The Kier molecular flexibility index (Phi) is 42.9. The van der Waals surface area contributed by atoms with Gasteiger partial charge in [-0.15, -0.1) is 0 Å². The fourth-order valence-corrected chi connectivity index (χ4v) is 9.64. The van der Waals surface area contributed by atoms with Gasteiger partial charge in [-0.25, -0.2) is 4.18 Å². The Morgan fingerprint density at radius 2 is 0.971 bits per heavy atom. The van der Waals surface area contributed by atoms with E-state index in [0.717, 1.165) is 38.5 Å². The molecule has 69 heavy (non-hydrogen) atoms. The predicted octanol–water partition coefficient (Wildman–Crippen LogP) is 11.8. The molecule has 0 bridgehead atoms. The SMILES string of the molecule is CCCCCCCCCCCCCCC/C=C/CC/C=C/C(O)C(COC1OC(CO)C(O)C(OS(=O)(=O)O)C1O)NC(=O)C(O)CCCCCCCCCCCCCCCCCCCCCCC. The zero-order valence-corrected chi connectivity index (χ0v) is 44.6. The molecule has 1 heterocycles. The molecule has 0 aromatic rings. The number of hydrogen-bond acceptors (Lipinski definition) is 11. The van der Waals surface area contributed by atoms with E-state index in [1.54, 1.807) is 6.08 Å². The number of aliphatic hydroxyl groups is 5. The van der Waals surface area contributed by atoms with Crippen LogP contribution in [0.15, 0.2) is 24.3 Å². The molecule has 0 aliphatic carbocycles. The number of hydrogen-bond donors (Lipinski definition) is 7. The first-order chi connectivity index (χ1) is 33.4. The highest BCUT2D eigenvalue weighted by molar-refractivity contribution is 7.80. The molecule has 1 amide bonds. The minimum Gasteiger partial charge on any atom is -0.394 e. The molecular formula is C55H105NO12S. The zero-order valence-electron chi connectivity index (χ0n) is 43.8. The number of nitrogens with one attached hydrogen (secondary N) is 1. The standard InChI is InChI=1S/C55H105NO12S/c1-3-5-7-9-11-13-15-17-19-21-23-24-26-28-30-32-34-36-38-40-42-44-49(59)54(62)56-47(46-66-55-52(61)53(68-69(63,64)65)51(60)50(45-57)67-55)48(58)43-41-39-37-35-33-31-29-27-25-22-20-18-16-14-12-10-8-6-4-2/h33,35,41,43,47-53,55,57-61H,3-32,34,36-40,42,44-46H2,1-2H3,(H,56,62)(H,63,64,65)/b35-33+,43-41+. The van der Waals surface area contributed by atoms with Gasteiger partial charge in [-0.05, 0) is 32.1 Å². The van der Waals surface area contributed by atoms with E-state index in [2.05, 4.69) is 35.5 Å². The Morgan fingerprint density at radius 1 is 0.580 bits per heavy atom. The average molecular weight is 1000 g/mol. The van der Waals surface area contributed by atoms with Gasteiger partial charge >= 0.3 is 10.4 Å². The lowest BCUT2D eigenvalue weighted by atomic mass is 9.99. The van der Waals surface area contributed by atoms with Crippen LogP contribution in [0.1, 0.15) is 258 Å². The summed E-state index contributed by atoms with van der Waals surface area (Å²) in [6.45, 7) is 3.25. The quantitative estimate of drug-likeness (QED) is 0.0172. The lowest BCUT2D eigenvalue weighted by Crippen LogP contribution is -2.61. The second-order valence-corrected chi connectivity index (χ2v) is 21.1. The van der Waals surface area contributed by atoms with Crippen LogP contribution >= 0.6 is 0 Å². The van der Waals surface area contributed by atoms with Crippen molar-refractivity contribution in [1.82, 2.24) is 5.32 Å². The van der Waals surface area contributed by atoms with Crippen molar-refractivity contribution in [3.63, 3.8) is 0 Å². The number of carbonyl (C=O) groups excluding carboxylic acids is 1. The summed E-state index contributed by atoms with van der Waals surface area (Å²) in [7, 11) is -5.12. The first-order valence-corrected chi connectivity index (χ1v) is 29.7. The zero-order chi connectivity index (χ0) is 50.6. The fourth-order valence-electron chi connectivity index (χ4n) is 9.13. The molecule has 408 valence electrons. The summed E-state index contributed by atoms with van der Waals surface area (Å²) in [6.07, 6.45) is 42.6. The van der Waals surface area contributed by atoms with Crippen LogP contribution in [0.5, 0.6) is 0 Å². The molecule has 14 heteroatoms. The number of rotatable bonds is 49. The Labute approximate surface area is 421 Å². The molecule has 8 atom stereocenters. The second kappa shape index (κ2) is 45.2.